The first-order valence-electron chi connectivity index (χ1n) is 9.25. The number of rotatable bonds is 7. The monoisotopic (exact) mass is 396 g/mol. The number of benzene rings is 2. The van der Waals surface area contributed by atoms with Crippen molar-refractivity contribution in [3.05, 3.63) is 70.9 Å². The van der Waals surface area contributed by atoms with Crippen molar-refractivity contribution in [1.29, 1.82) is 0 Å². The molecular formula is C22H21ClN2O3. The second-order valence-electron chi connectivity index (χ2n) is 7.02. The Kier molecular flexibility index (Phi) is 5.09. The zero-order valence-electron chi connectivity index (χ0n) is 15.6. The number of nitrogens with zero attached hydrogens (tertiary/aromatic N) is 1. The van der Waals surface area contributed by atoms with E-state index in [1.54, 1.807) is 7.11 Å². The van der Waals surface area contributed by atoms with E-state index in [0.29, 0.717) is 23.0 Å². The number of methoxy groups -OCH3 is 1. The molecule has 3 aromatic rings. The minimum atomic E-state index is -0.569. The summed E-state index contributed by atoms with van der Waals surface area (Å²) in [5.41, 5.74) is 2.13. The minimum Gasteiger partial charge on any atom is -0.497 e. The molecule has 144 valence electrons. The maximum Gasteiger partial charge on any atom is 0.232 e. The number of carbonyl (C=O) groups excluding carboxylic acids is 1. The number of halogens is 1. The van der Waals surface area contributed by atoms with Crippen LogP contribution in [0, 0.1) is 0 Å². The Labute approximate surface area is 168 Å². The Morgan fingerprint density at radius 1 is 1.21 bits per heavy atom. The molecule has 5 nitrogen and oxygen atoms in total. The summed E-state index contributed by atoms with van der Waals surface area (Å²) >= 11 is 5.90. The van der Waals surface area contributed by atoms with Gasteiger partial charge in [0.15, 0.2) is 5.76 Å². The lowest BCUT2D eigenvalue weighted by atomic mass is 10.00. The summed E-state index contributed by atoms with van der Waals surface area (Å²) in [7, 11) is 1.62. The highest BCUT2D eigenvalue weighted by Crippen LogP contribution is 2.48. The Morgan fingerprint density at radius 3 is 2.71 bits per heavy atom. The van der Waals surface area contributed by atoms with E-state index in [0.717, 1.165) is 36.1 Å². The Balaban J connectivity index is 1.41. The van der Waals surface area contributed by atoms with Gasteiger partial charge in [0.1, 0.15) is 5.75 Å². The summed E-state index contributed by atoms with van der Waals surface area (Å²) in [6, 6.07) is 17.1. The van der Waals surface area contributed by atoms with Gasteiger partial charge in [-0.3, -0.25) is 4.79 Å². The number of nitrogens with one attached hydrogen (secondary N) is 1. The maximum atomic E-state index is 12.8. The van der Waals surface area contributed by atoms with Crippen molar-refractivity contribution in [3.63, 3.8) is 0 Å². The molecule has 0 spiro atoms. The van der Waals surface area contributed by atoms with Gasteiger partial charge < -0.3 is 14.6 Å². The third-order valence-corrected chi connectivity index (χ3v) is 5.40. The van der Waals surface area contributed by atoms with Gasteiger partial charge >= 0.3 is 0 Å². The topological polar surface area (TPSA) is 64.4 Å². The van der Waals surface area contributed by atoms with Gasteiger partial charge in [-0.1, -0.05) is 41.0 Å². The van der Waals surface area contributed by atoms with E-state index in [1.165, 1.54) is 0 Å². The fraction of sp³-hybridized carbons (Fsp3) is 0.273. The zero-order valence-corrected chi connectivity index (χ0v) is 16.3. The molecule has 6 heteroatoms. The van der Waals surface area contributed by atoms with Crippen LogP contribution in [0.25, 0.3) is 11.3 Å². The largest absolute Gasteiger partial charge is 0.497 e. The number of amides is 1. The minimum absolute atomic E-state index is 0.00644. The first kappa shape index (κ1) is 18.6. The first-order chi connectivity index (χ1) is 13.6. The molecule has 1 aromatic heterocycles. The van der Waals surface area contributed by atoms with Gasteiger partial charge in [0, 0.05) is 23.2 Å². The van der Waals surface area contributed by atoms with Gasteiger partial charge in [-0.2, -0.15) is 0 Å². The van der Waals surface area contributed by atoms with Gasteiger partial charge in [-0.15, -0.1) is 0 Å². The van der Waals surface area contributed by atoms with Gasteiger partial charge in [0.05, 0.1) is 18.2 Å². The van der Waals surface area contributed by atoms with Crippen molar-refractivity contribution < 1.29 is 14.1 Å². The summed E-state index contributed by atoms with van der Waals surface area (Å²) in [5, 5.41) is 7.94. The fourth-order valence-corrected chi connectivity index (χ4v) is 3.40. The highest BCUT2D eigenvalue weighted by atomic mass is 35.5. The molecule has 0 radical (unpaired) electrons. The van der Waals surface area contributed by atoms with Crippen molar-refractivity contribution >= 4 is 17.5 Å². The molecular weight excluding hydrogens is 376 g/mol. The number of hydrogen-bond acceptors (Lipinski definition) is 4. The maximum absolute atomic E-state index is 12.8. The van der Waals surface area contributed by atoms with Crippen molar-refractivity contribution in [1.82, 2.24) is 10.5 Å². The molecule has 4 rings (SSSR count). The third kappa shape index (κ3) is 3.76. The smallest absolute Gasteiger partial charge is 0.232 e. The van der Waals surface area contributed by atoms with E-state index >= 15 is 0 Å². The molecule has 0 saturated heterocycles. The molecule has 2 aromatic carbocycles. The Hall–Kier alpha value is -2.79. The molecule has 1 heterocycles. The lowest BCUT2D eigenvalue weighted by Gasteiger charge is -2.12. The SMILES string of the molecule is COc1cccc(-c2cc(C3(C(=O)NCCc4ccc(Cl)cc4)CC3)no2)c1. The number of carbonyl (C=O) groups is 1. The average Bonchev–Trinajstić information content (AvgIpc) is 3.39. The summed E-state index contributed by atoms with van der Waals surface area (Å²) in [6.45, 7) is 0.572. The second-order valence-corrected chi connectivity index (χ2v) is 7.46. The van der Waals surface area contributed by atoms with Crippen LogP contribution in [0.3, 0.4) is 0 Å². The van der Waals surface area contributed by atoms with Crippen LogP contribution in [-0.4, -0.2) is 24.7 Å². The third-order valence-electron chi connectivity index (χ3n) is 5.15. The van der Waals surface area contributed by atoms with Crippen molar-refractivity contribution in [2.45, 2.75) is 24.7 Å². The van der Waals surface area contributed by atoms with Crippen molar-refractivity contribution in [2.75, 3.05) is 13.7 Å². The molecule has 1 fully saturated rings. The Bertz CT molecular complexity index is 977. The zero-order chi connectivity index (χ0) is 19.6. The average molecular weight is 397 g/mol. The quantitative estimate of drug-likeness (QED) is 0.643. The molecule has 1 amide bonds. The van der Waals surface area contributed by atoms with Crippen LogP contribution in [-0.2, 0) is 16.6 Å². The van der Waals surface area contributed by atoms with Crippen LogP contribution in [0.2, 0.25) is 5.02 Å². The predicted molar refractivity (Wildman–Crippen MR) is 108 cm³/mol. The Morgan fingerprint density at radius 2 is 2.00 bits per heavy atom. The summed E-state index contributed by atoms with van der Waals surface area (Å²) in [6.07, 6.45) is 2.32. The van der Waals surface area contributed by atoms with Crippen LogP contribution >= 0.6 is 11.6 Å². The lowest BCUT2D eigenvalue weighted by Crippen LogP contribution is -2.36. The summed E-state index contributed by atoms with van der Waals surface area (Å²) in [4.78, 5) is 12.8. The molecule has 1 saturated carbocycles. The van der Waals surface area contributed by atoms with Crippen LogP contribution < -0.4 is 10.1 Å². The van der Waals surface area contributed by atoms with E-state index in [2.05, 4.69) is 10.5 Å². The number of ether oxygens (including phenoxy) is 1. The molecule has 0 atom stereocenters. The molecule has 28 heavy (non-hydrogen) atoms. The van der Waals surface area contributed by atoms with Crippen molar-refractivity contribution in [3.8, 4) is 17.1 Å². The second kappa shape index (κ2) is 7.68. The van der Waals surface area contributed by atoms with E-state index in [4.69, 9.17) is 20.9 Å². The number of aromatic nitrogens is 1. The normalized spacial score (nSPS) is 14.5. The summed E-state index contributed by atoms with van der Waals surface area (Å²) < 4.78 is 10.8. The molecule has 1 aliphatic carbocycles. The lowest BCUT2D eigenvalue weighted by molar-refractivity contribution is -0.123. The van der Waals surface area contributed by atoms with Crippen molar-refractivity contribution in [2.24, 2.45) is 0 Å². The highest BCUT2D eigenvalue weighted by Gasteiger charge is 2.53. The predicted octanol–water partition coefficient (Wildman–Crippen LogP) is 4.39. The van der Waals surface area contributed by atoms with Crippen LogP contribution in [0.1, 0.15) is 24.1 Å². The van der Waals surface area contributed by atoms with Gasteiger partial charge in [-0.25, -0.2) is 0 Å². The van der Waals surface area contributed by atoms with E-state index < -0.39 is 5.41 Å². The fourth-order valence-electron chi connectivity index (χ4n) is 3.28. The molecule has 0 unspecified atom stereocenters. The molecule has 0 bridgehead atoms. The summed E-state index contributed by atoms with van der Waals surface area (Å²) in [5.74, 6) is 1.39. The van der Waals surface area contributed by atoms with Crippen LogP contribution in [0.5, 0.6) is 5.75 Å². The van der Waals surface area contributed by atoms with Crippen LogP contribution in [0.4, 0.5) is 0 Å². The van der Waals surface area contributed by atoms with Gasteiger partial charge in [0.25, 0.3) is 0 Å². The molecule has 1 aliphatic rings. The first-order valence-corrected chi connectivity index (χ1v) is 9.63. The highest BCUT2D eigenvalue weighted by molar-refractivity contribution is 6.30. The van der Waals surface area contributed by atoms with E-state index in [-0.39, 0.29) is 5.91 Å². The van der Waals surface area contributed by atoms with Crippen LogP contribution in [0.15, 0.2) is 59.1 Å². The standard InChI is InChI=1S/C22H21ClN2O3/c1-27-18-4-2-3-16(13-18)19-14-20(25-28-19)22(10-11-22)21(26)24-12-9-15-5-7-17(23)8-6-15/h2-8,13-14H,9-12H2,1H3,(H,24,26). The number of hydrogen-bond donors (Lipinski definition) is 1. The van der Waals surface area contributed by atoms with Gasteiger partial charge in [-0.05, 0) is 49.1 Å². The van der Waals surface area contributed by atoms with E-state index in [9.17, 15) is 4.79 Å². The molecule has 0 aliphatic heterocycles. The molecule has 1 N–H and O–H groups in total. The van der Waals surface area contributed by atoms with Gasteiger partial charge in [0.2, 0.25) is 5.91 Å². The van der Waals surface area contributed by atoms with E-state index in [1.807, 2.05) is 54.6 Å².